The number of nitrogens with zero attached hydrogens (tertiary/aromatic N) is 5. The van der Waals surface area contributed by atoms with E-state index in [0.717, 1.165) is 76.9 Å². The van der Waals surface area contributed by atoms with Crippen LogP contribution >= 0.6 is 0 Å². The summed E-state index contributed by atoms with van der Waals surface area (Å²) in [4.78, 5) is 39.4. The highest BCUT2D eigenvalue weighted by molar-refractivity contribution is 5.86. The Morgan fingerprint density at radius 1 is 0.969 bits per heavy atom. The van der Waals surface area contributed by atoms with Gasteiger partial charge in [-0.1, -0.05) is 6.07 Å². The zero-order valence-corrected chi connectivity index (χ0v) is 18.9. The number of urea groups is 1. The molecule has 0 radical (unpaired) electrons. The van der Waals surface area contributed by atoms with E-state index in [1.807, 2.05) is 28.0 Å². The Kier molecular flexibility index (Phi) is 5.97. The van der Waals surface area contributed by atoms with Crippen LogP contribution in [0, 0.1) is 5.41 Å². The molecule has 1 atom stereocenters. The maximum atomic E-state index is 13.5. The smallest absolute Gasteiger partial charge is 0.320 e. The number of piperidine rings is 1. The zero-order chi connectivity index (χ0) is 22.1. The lowest BCUT2D eigenvalue weighted by atomic mass is 9.78. The van der Waals surface area contributed by atoms with Crippen molar-refractivity contribution < 1.29 is 14.7 Å². The largest absolute Gasteiger partial charge is 0.393 e. The fourth-order valence-corrected chi connectivity index (χ4v) is 6.11. The number of piperazine rings is 1. The molecule has 0 aromatic carbocycles. The second-order valence-electron chi connectivity index (χ2n) is 9.96. The first kappa shape index (κ1) is 21.5. The van der Waals surface area contributed by atoms with Crippen LogP contribution in [0.5, 0.6) is 0 Å². The predicted molar refractivity (Wildman–Crippen MR) is 121 cm³/mol. The highest BCUT2D eigenvalue weighted by atomic mass is 16.3. The number of carbonyl (C=O) groups is 2. The van der Waals surface area contributed by atoms with Crippen LogP contribution in [-0.4, -0.2) is 94.7 Å². The van der Waals surface area contributed by atoms with Gasteiger partial charge in [-0.05, 0) is 57.1 Å². The van der Waals surface area contributed by atoms with Crippen molar-refractivity contribution in [3.63, 3.8) is 0 Å². The third-order valence-corrected chi connectivity index (χ3v) is 8.02. The lowest BCUT2D eigenvalue weighted by Crippen LogP contribution is -2.57. The van der Waals surface area contributed by atoms with Crippen LogP contribution in [0.4, 0.5) is 10.6 Å². The summed E-state index contributed by atoms with van der Waals surface area (Å²) < 4.78 is 0. The summed E-state index contributed by atoms with van der Waals surface area (Å²) in [7, 11) is 0. The van der Waals surface area contributed by atoms with Crippen molar-refractivity contribution in [1.82, 2.24) is 19.7 Å². The van der Waals surface area contributed by atoms with Crippen molar-refractivity contribution in [2.24, 2.45) is 5.41 Å². The number of likely N-dealkylation sites (tertiary alicyclic amines) is 2. The molecule has 5 rings (SSSR count). The molecule has 3 saturated heterocycles. The van der Waals surface area contributed by atoms with E-state index >= 15 is 0 Å². The molecule has 4 aliphatic rings. The van der Waals surface area contributed by atoms with Gasteiger partial charge < -0.3 is 24.7 Å². The van der Waals surface area contributed by atoms with Gasteiger partial charge in [0, 0.05) is 58.1 Å². The number of amides is 3. The SMILES string of the molecule is O=C(N1CCN(c2ccccn2)CC1)N1CCCC2(CCN([C@H]3CC[C@H](O)CC3)C2=O)C1. The molecule has 4 fully saturated rings. The highest BCUT2D eigenvalue weighted by Gasteiger charge is 2.51. The van der Waals surface area contributed by atoms with E-state index in [1.165, 1.54) is 0 Å². The molecule has 1 saturated carbocycles. The topological polar surface area (TPSA) is 80.2 Å². The second kappa shape index (κ2) is 8.89. The van der Waals surface area contributed by atoms with E-state index in [2.05, 4.69) is 14.8 Å². The van der Waals surface area contributed by atoms with Crippen molar-refractivity contribution in [2.75, 3.05) is 50.7 Å². The first-order valence-corrected chi connectivity index (χ1v) is 12.2. The molecule has 1 aromatic heterocycles. The van der Waals surface area contributed by atoms with Crippen LogP contribution in [0.25, 0.3) is 0 Å². The lowest BCUT2D eigenvalue weighted by molar-refractivity contribution is -0.141. The fourth-order valence-electron chi connectivity index (χ4n) is 6.11. The predicted octanol–water partition coefficient (Wildman–Crippen LogP) is 1.94. The Morgan fingerprint density at radius 2 is 1.75 bits per heavy atom. The van der Waals surface area contributed by atoms with Gasteiger partial charge in [0.15, 0.2) is 0 Å². The normalized spacial score (nSPS) is 31.5. The fraction of sp³-hybridized carbons (Fsp3) is 0.708. The molecule has 1 aromatic rings. The first-order chi connectivity index (χ1) is 15.6. The van der Waals surface area contributed by atoms with Crippen molar-refractivity contribution >= 4 is 17.8 Å². The number of aliphatic hydroxyl groups excluding tert-OH is 1. The number of carbonyl (C=O) groups excluding carboxylic acids is 2. The zero-order valence-electron chi connectivity index (χ0n) is 18.9. The molecule has 3 amide bonds. The molecular weight excluding hydrogens is 406 g/mol. The molecule has 4 heterocycles. The van der Waals surface area contributed by atoms with Gasteiger partial charge in [-0.3, -0.25) is 4.79 Å². The van der Waals surface area contributed by atoms with Crippen LogP contribution < -0.4 is 4.90 Å². The van der Waals surface area contributed by atoms with Gasteiger partial charge in [0.05, 0.1) is 11.5 Å². The molecule has 3 aliphatic heterocycles. The summed E-state index contributed by atoms with van der Waals surface area (Å²) >= 11 is 0. The van der Waals surface area contributed by atoms with Crippen molar-refractivity contribution in [3.05, 3.63) is 24.4 Å². The van der Waals surface area contributed by atoms with Crippen LogP contribution in [0.15, 0.2) is 24.4 Å². The molecule has 1 aliphatic carbocycles. The van der Waals surface area contributed by atoms with E-state index in [9.17, 15) is 14.7 Å². The third-order valence-electron chi connectivity index (χ3n) is 8.02. The number of aromatic nitrogens is 1. The minimum atomic E-state index is -0.403. The van der Waals surface area contributed by atoms with Crippen molar-refractivity contribution in [1.29, 1.82) is 0 Å². The minimum Gasteiger partial charge on any atom is -0.393 e. The van der Waals surface area contributed by atoms with Crippen molar-refractivity contribution in [2.45, 2.75) is 57.1 Å². The average Bonchev–Trinajstić information content (AvgIpc) is 3.15. The molecule has 0 bridgehead atoms. The van der Waals surface area contributed by atoms with Gasteiger partial charge >= 0.3 is 6.03 Å². The Balaban J connectivity index is 1.19. The third kappa shape index (κ3) is 4.05. The molecule has 1 spiro atoms. The summed E-state index contributed by atoms with van der Waals surface area (Å²) in [5.41, 5.74) is -0.403. The van der Waals surface area contributed by atoms with Crippen LogP contribution in [0.2, 0.25) is 0 Å². The van der Waals surface area contributed by atoms with Crippen LogP contribution in [0.3, 0.4) is 0 Å². The van der Waals surface area contributed by atoms with Crippen molar-refractivity contribution in [3.8, 4) is 0 Å². The quantitative estimate of drug-likeness (QED) is 0.759. The highest BCUT2D eigenvalue weighted by Crippen LogP contribution is 2.42. The summed E-state index contributed by atoms with van der Waals surface area (Å²) in [6.45, 7) is 5.02. The lowest BCUT2D eigenvalue weighted by Gasteiger charge is -2.43. The monoisotopic (exact) mass is 441 g/mol. The molecular formula is C24H35N5O3. The Morgan fingerprint density at radius 3 is 2.47 bits per heavy atom. The molecule has 174 valence electrons. The number of hydrogen-bond donors (Lipinski definition) is 1. The number of anilines is 1. The Hall–Kier alpha value is -2.35. The first-order valence-electron chi connectivity index (χ1n) is 12.2. The van der Waals surface area contributed by atoms with Gasteiger partial charge in [-0.2, -0.15) is 0 Å². The number of hydrogen-bond acceptors (Lipinski definition) is 5. The van der Waals surface area contributed by atoms with E-state index < -0.39 is 5.41 Å². The van der Waals surface area contributed by atoms with Gasteiger partial charge in [-0.25, -0.2) is 9.78 Å². The summed E-state index contributed by atoms with van der Waals surface area (Å²) in [5.74, 6) is 1.21. The Bertz CT molecular complexity index is 820. The van der Waals surface area contributed by atoms with E-state index in [-0.39, 0.29) is 24.1 Å². The van der Waals surface area contributed by atoms with Gasteiger partial charge in [0.2, 0.25) is 5.91 Å². The molecule has 8 nitrogen and oxygen atoms in total. The van der Waals surface area contributed by atoms with Gasteiger partial charge in [0.25, 0.3) is 0 Å². The summed E-state index contributed by atoms with van der Waals surface area (Å²) in [5, 5.41) is 9.82. The average molecular weight is 442 g/mol. The van der Waals surface area contributed by atoms with E-state index in [0.29, 0.717) is 19.6 Å². The maximum Gasteiger partial charge on any atom is 0.320 e. The van der Waals surface area contributed by atoms with Gasteiger partial charge in [0.1, 0.15) is 5.82 Å². The van der Waals surface area contributed by atoms with Crippen LogP contribution in [-0.2, 0) is 4.79 Å². The Labute approximate surface area is 190 Å². The van der Waals surface area contributed by atoms with Gasteiger partial charge in [-0.15, -0.1) is 0 Å². The minimum absolute atomic E-state index is 0.0804. The van der Waals surface area contributed by atoms with E-state index in [1.54, 1.807) is 6.20 Å². The number of pyridine rings is 1. The molecule has 32 heavy (non-hydrogen) atoms. The standard InChI is InChI=1S/C24H35N5O3/c30-20-7-5-19(6-8-20)29-13-10-24(22(29)31)9-3-12-28(18-24)23(32)27-16-14-26(15-17-27)21-4-1-2-11-25-21/h1-2,4,11,19-20,30H,3,5-10,12-18H2/t19-,20-,24?. The molecule has 8 heteroatoms. The summed E-state index contributed by atoms with van der Waals surface area (Å²) in [6.07, 6.45) is 7.58. The maximum absolute atomic E-state index is 13.5. The number of rotatable bonds is 2. The van der Waals surface area contributed by atoms with Crippen LogP contribution in [0.1, 0.15) is 44.9 Å². The number of aliphatic hydroxyl groups is 1. The molecule has 1 N–H and O–H groups in total. The molecule has 1 unspecified atom stereocenters. The summed E-state index contributed by atoms with van der Waals surface area (Å²) in [6, 6.07) is 6.26. The van der Waals surface area contributed by atoms with E-state index in [4.69, 9.17) is 0 Å². The second-order valence-corrected chi connectivity index (χ2v) is 9.96.